The molecule has 142 valence electrons. The van der Waals surface area contributed by atoms with E-state index in [1.165, 1.54) is 18.4 Å². The van der Waals surface area contributed by atoms with Crippen molar-refractivity contribution in [3.8, 4) is 0 Å². The quantitative estimate of drug-likeness (QED) is 0.402. The highest BCUT2D eigenvalue weighted by Gasteiger charge is 2.11. The largest absolute Gasteiger partial charge is 0.294 e. The Morgan fingerprint density at radius 3 is 2.15 bits per heavy atom. The number of carbonyl (C=O) groups excluding carboxylic acids is 3. The van der Waals surface area contributed by atoms with Crippen molar-refractivity contribution in [2.24, 2.45) is 0 Å². The first-order chi connectivity index (χ1) is 13.1. The number of hydrazine groups is 1. The Hall–Kier alpha value is -2.95. The van der Waals surface area contributed by atoms with Crippen molar-refractivity contribution in [2.75, 3.05) is 0 Å². The maximum Gasteiger partial charge on any atom is 0.269 e. The molecule has 0 fully saturated rings. The topological polar surface area (TPSA) is 75.3 Å². The number of hydrogen-bond donors (Lipinski definition) is 2. The SMILES string of the molecule is CCCCCc1ccc(C(=O)CCC(=O)NNC(=O)c2ccccc2)cc1. The molecule has 2 aromatic rings. The fraction of sp³-hybridized carbons (Fsp3) is 0.318. The zero-order chi connectivity index (χ0) is 19.5. The maximum absolute atomic E-state index is 12.2. The molecule has 0 spiro atoms. The van der Waals surface area contributed by atoms with Gasteiger partial charge in [0.1, 0.15) is 0 Å². The van der Waals surface area contributed by atoms with Crippen LogP contribution >= 0.6 is 0 Å². The summed E-state index contributed by atoms with van der Waals surface area (Å²) in [7, 11) is 0. The lowest BCUT2D eigenvalue weighted by molar-refractivity contribution is -0.121. The first-order valence-electron chi connectivity index (χ1n) is 9.36. The molecule has 2 amide bonds. The maximum atomic E-state index is 12.2. The van der Waals surface area contributed by atoms with Crippen molar-refractivity contribution >= 4 is 17.6 Å². The fourth-order valence-electron chi connectivity index (χ4n) is 2.66. The van der Waals surface area contributed by atoms with Crippen molar-refractivity contribution in [1.29, 1.82) is 0 Å². The summed E-state index contributed by atoms with van der Waals surface area (Å²) in [6, 6.07) is 16.2. The number of amides is 2. The van der Waals surface area contributed by atoms with E-state index in [4.69, 9.17) is 0 Å². The number of aryl methyl sites for hydroxylation is 1. The smallest absolute Gasteiger partial charge is 0.269 e. The summed E-state index contributed by atoms with van der Waals surface area (Å²) in [6.45, 7) is 2.17. The Balaban J connectivity index is 1.72. The van der Waals surface area contributed by atoms with Crippen LogP contribution in [-0.2, 0) is 11.2 Å². The van der Waals surface area contributed by atoms with Gasteiger partial charge in [0, 0.05) is 24.0 Å². The highest BCUT2D eigenvalue weighted by molar-refractivity contribution is 5.98. The van der Waals surface area contributed by atoms with E-state index in [2.05, 4.69) is 17.8 Å². The molecule has 2 N–H and O–H groups in total. The molecule has 0 atom stereocenters. The average molecular weight is 366 g/mol. The molecule has 0 saturated heterocycles. The molecular formula is C22H26N2O3. The van der Waals surface area contributed by atoms with Gasteiger partial charge in [-0.2, -0.15) is 0 Å². The molecule has 2 rings (SSSR count). The predicted octanol–water partition coefficient (Wildman–Crippen LogP) is 3.84. The summed E-state index contributed by atoms with van der Waals surface area (Å²) in [5, 5.41) is 0. The molecule has 0 aromatic heterocycles. The Bertz CT molecular complexity index is 755. The third-order valence-corrected chi connectivity index (χ3v) is 4.28. The summed E-state index contributed by atoms with van der Waals surface area (Å²) < 4.78 is 0. The second-order valence-corrected chi connectivity index (χ2v) is 6.45. The van der Waals surface area contributed by atoms with Crippen LogP contribution in [0.3, 0.4) is 0 Å². The van der Waals surface area contributed by atoms with E-state index in [-0.39, 0.29) is 18.6 Å². The second kappa shape index (κ2) is 10.9. The summed E-state index contributed by atoms with van der Waals surface area (Å²) in [5.74, 6) is -0.877. The van der Waals surface area contributed by atoms with Crippen LogP contribution in [0.2, 0.25) is 0 Å². The van der Waals surface area contributed by atoms with Gasteiger partial charge in [-0.3, -0.25) is 25.2 Å². The van der Waals surface area contributed by atoms with E-state index >= 15 is 0 Å². The normalized spacial score (nSPS) is 10.3. The van der Waals surface area contributed by atoms with Gasteiger partial charge in [-0.15, -0.1) is 0 Å². The molecule has 0 aliphatic rings. The summed E-state index contributed by atoms with van der Waals surface area (Å²) >= 11 is 0. The third-order valence-electron chi connectivity index (χ3n) is 4.28. The molecule has 5 nitrogen and oxygen atoms in total. The van der Waals surface area contributed by atoms with E-state index < -0.39 is 11.8 Å². The van der Waals surface area contributed by atoms with Crippen molar-refractivity contribution < 1.29 is 14.4 Å². The van der Waals surface area contributed by atoms with Crippen LogP contribution in [0.15, 0.2) is 54.6 Å². The number of carbonyl (C=O) groups is 3. The van der Waals surface area contributed by atoms with Crippen LogP contribution in [0, 0.1) is 0 Å². The van der Waals surface area contributed by atoms with E-state index in [1.807, 2.05) is 24.3 Å². The first kappa shape index (κ1) is 20.4. The van der Waals surface area contributed by atoms with Gasteiger partial charge in [0.15, 0.2) is 5.78 Å². The Kier molecular flexibility index (Phi) is 8.23. The molecule has 0 bridgehead atoms. The molecular weight excluding hydrogens is 340 g/mol. The van der Waals surface area contributed by atoms with Gasteiger partial charge in [0.25, 0.3) is 5.91 Å². The minimum absolute atomic E-state index is 0.0200. The van der Waals surface area contributed by atoms with Crippen LogP contribution in [0.5, 0.6) is 0 Å². The van der Waals surface area contributed by atoms with Gasteiger partial charge in [-0.25, -0.2) is 0 Å². The average Bonchev–Trinajstić information content (AvgIpc) is 2.71. The summed E-state index contributed by atoms with van der Waals surface area (Å²) in [6.07, 6.45) is 4.68. The molecule has 5 heteroatoms. The van der Waals surface area contributed by atoms with Gasteiger partial charge in [-0.05, 0) is 30.5 Å². The van der Waals surface area contributed by atoms with Crippen molar-refractivity contribution in [3.05, 3.63) is 71.3 Å². The summed E-state index contributed by atoms with van der Waals surface area (Å²) in [4.78, 5) is 35.9. The van der Waals surface area contributed by atoms with Gasteiger partial charge in [0.05, 0.1) is 0 Å². The number of rotatable bonds is 9. The molecule has 0 unspecified atom stereocenters. The van der Waals surface area contributed by atoms with Crippen LogP contribution in [-0.4, -0.2) is 17.6 Å². The highest BCUT2D eigenvalue weighted by Crippen LogP contribution is 2.11. The zero-order valence-electron chi connectivity index (χ0n) is 15.7. The van der Waals surface area contributed by atoms with Gasteiger partial charge >= 0.3 is 0 Å². The predicted molar refractivity (Wildman–Crippen MR) is 105 cm³/mol. The molecule has 27 heavy (non-hydrogen) atoms. The Labute approximate surface area is 160 Å². The van der Waals surface area contributed by atoms with Crippen LogP contribution in [0.25, 0.3) is 0 Å². The number of ketones is 1. The molecule has 2 aromatic carbocycles. The molecule has 0 radical (unpaired) electrons. The van der Waals surface area contributed by atoms with E-state index in [0.29, 0.717) is 11.1 Å². The number of unbranched alkanes of at least 4 members (excludes halogenated alkanes) is 2. The van der Waals surface area contributed by atoms with Gasteiger partial charge in [-0.1, -0.05) is 62.2 Å². The molecule has 0 heterocycles. The first-order valence-corrected chi connectivity index (χ1v) is 9.36. The van der Waals surface area contributed by atoms with E-state index in [9.17, 15) is 14.4 Å². The number of Topliss-reactive ketones (excluding diaryl/α,β-unsaturated/α-hetero) is 1. The van der Waals surface area contributed by atoms with Gasteiger partial charge < -0.3 is 0 Å². The number of hydrogen-bond acceptors (Lipinski definition) is 3. The summed E-state index contributed by atoms with van der Waals surface area (Å²) in [5.41, 5.74) is 6.96. The molecule has 0 aliphatic carbocycles. The second-order valence-electron chi connectivity index (χ2n) is 6.45. The zero-order valence-corrected chi connectivity index (χ0v) is 15.7. The Morgan fingerprint density at radius 2 is 1.48 bits per heavy atom. The minimum atomic E-state index is -0.399. The van der Waals surface area contributed by atoms with Crippen molar-refractivity contribution in [3.63, 3.8) is 0 Å². The van der Waals surface area contributed by atoms with E-state index in [1.54, 1.807) is 30.3 Å². The van der Waals surface area contributed by atoms with E-state index in [0.717, 1.165) is 12.8 Å². The van der Waals surface area contributed by atoms with Crippen LogP contribution in [0.4, 0.5) is 0 Å². The Morgan fingerprint density at radius 1 is 0.778 bits per heavy atom. The monoisotopic (exact) mass is 366 g/mol. The standard InChI is InChI=1S/C22H26N2O3/c1-2-3-5-8-17-11-13-18(14-12-17)20(25)15-16-21(26)23-24-22(27)19-9-6-4-7-10-19/h4,6-7,9-14H,2-3,5,8,15-16H2,1H3,(H,23,26)(H,24,27). The number of benzene rings is 2. The lowest BCUT2D eigenvalue weighted by Gasteiger charge is -2.07. The number of nitrogens with one attached hydrogen (secondary N) is 2. The minimum Gasteiger partial charge on any atom is -0.294 e. The fourth-order valence-corrected chi connectivity index (χ4v) is 2.66. The lowest BCUT2D eigenvalue weighted by atomic mass is 10.0. The van der Waals surface area contributed by atoms with Crippen molar-refractivity contribution in [1.82, 2.24) is 10.9 Å². The van der Waals surface area contributed by atoms with Crippen LogP contribution < -0.4 is 10.9 Å². The lowest BCUT2D eigenvalue weighted by Crippen LogP contribution is -2.41. The molecule has 0 aliphatic heterocycles. The van der Waals surface area contributed by atoms with Crippen LogP contribution in [0.1, 0.15) is 65.3 Å². The van der Waals surface area contributed by atoms with Crippen molar-refractivity contribution in [2.45, 2.75) is 45.4 Å². The van der Waals surface area contributed by atoms with Gasteiger partial charge in [0.2, 0.25) is 5.91 Å². The third kappa shape index (κ3) is 7.05. The molecule has 0 saturated carbocycles. The highest BCUT2D eigenvalue weighted by atomic mass is 16.2.